The number of halogens is 1. The van der Waals surface area contributed by atoms with Gasteiger partial charge in [0, 0.05) is 10.7 Å². The lowest BCUT2D eigenvalue weighted by Crippen LogP contribution is -2.46. The predicted octanol–water partition coefficient (Wildman–Crippen LogP) is 4.53. The monoisotopic (exact) mass is 308 g/mol. The van der Waals surface area contributed by atoms with Crippen LogP contribution in [0.1, 0.15) is 54.4 Å². The van der Waals surface area contributed by atoms with E-state index in [1.165, 1.54) is 0 Å². The van der Waals surface area contributed by atoms with Gasteiger partial charge < -0.3 is 0 Å². The lowest BCUT2D eigenvalue weighted by Gasteiger charge is -2.45. The van der Waals surface area contributed by atoms with Crippen molar-refractivity contribution in [2.24, 2.45) is 35.5 Å². The van der Waals surface area contributed by atoms with Crippen LogP contribution in [-0.4, -0.2) is 13.7 Å². The maximum atomic E-state index is 12.1. The Labute approximate surface area is 123 Å². The minimum absolute atomic E-state index is 0.191. The topological polar surface area (TPSA) is 34.1 Å². The van der Waals surface area contributed by atoms with E-state index in [9.17, 15) is 8.42 Å². The van der Waals surface area contributed by atoms with Gasteiger partial charge in [0.1, 0.15) is 0 Å². The molecule has 1 aliphatic carbocycles. The molecular weight excluding hydrogens is 280 g/mol. The van der Waals surface area contributed by atoms with E-state index in [1.807, 2.05) is 0 Å². The molecule has 1 fully saturated rings. The first-order valence-electron chi connectivity index (χ1n) is 7.49. The third-order valence-corrected chi connectivity index (χ3v) is 6.94. The van der Waals surface area contributed by atoms with Gasteiger partial charge in [-0.15, -0.1) is 0 Å². The van der Waals surface area contributed by atoms with Crippen LogP contribution >= 0.6 is 10.7 Å². The Balaban J connectivity index is 3.15. The first-order chi connectivity index (χ1) is 8.55. The summed E-state index contributed by atoms with van der Waals surface area (Å²) in [4.78, 5) is 0. The molecule has 0 aromatic rings. The van der Waals surface area contributed by atoms with Crippen molar-refractivity contribution in [1.29, 1.82) is 0 Å². The van der Waals surface area contributed by atoms with Crippen LogP contribution in [0.15, 0.2) is 0 Å². The van der Waals surface area contributed by atoms with E-state index >= 15 is 0 Å². The Bertz CT molecular complexity index is 369. The third kappa shape index (κ3) is 4.10. The molecule has 0 bridgehead atoms. The molecule has 0 N–H and O–H groups in total. The Kier molecular flexibility index (Phi) is 5.77. The van der Waals surface area contributed by atoms with Crippen LogP contribution in [0.3, 0.4) is 0 Å². The van der Waals surface area contributed by atoms with Gasteiger partial charge in [0.2, 0.25) is 9.05 Å². The SMILES string of the molecule is CC(C)C1CC(C(C)C)C(S(=O)(=O)Cl)C(C(C)C)C1. The average Bonchev–Trinajstić information content (AvgIpc) is 2.25. The summed E-state index contributed by atoms with van der Waals surface area (Å²) in [6.45, 7) is 13.0. The highest BCUT2D eigenvalue weighted by molar-refractivity contribution is 8.14. The largest absolute Gasteiger partial charge is 0.236 e. The molecule has 0 saturated heterocycles. The second-order valence-corrected chi connectivity index (χ2v) is 10.0. The molecule has 1 aliphatic rings. The van der Waals surface area contributed by atoms with Crippen LogP contribution in [0, 0.1) is 35.5 Å². The summed E-state index contributed by atoms with van der Waals surface area (Å²) >= 11 is 0. The van der Waals surface area contributed by atoms with Gasteiger partial charge in [-0.1, -0.05) is 41.5 Å². The predicted molar refractivity (Wildman–Crippen MR) is 82.8 cm³/mol. The molecule has 114 valence electrons. The Morgan fingerprint density at radius 2 is 1.21 bits per heavy atom. The molecule has 0 radical (unpaired) electrons. The van der Waals surface area contributed by atoms with Gasteiger partial charge in [-0.2, -0.15) is 0 Å². The fourth-order valence-corrected chi connectivity index (χ4v) is 6.12. The van der Waals surface area contributed by atoms with Crippen LogP contribution in [0.5, 0.6) is 0 Å². The highest BCUT2D eigenvalue weighted by Gasteiger charge is 2.46. The third-order valence-electron chi connectivity index (χ3n) is 4.97. The van der Waals surface area contributed by atoms with Gasteiger partial charge in [-0.05, 0) is 48.3 Å². The van der Waals surface area contributed by atoms with E-state index in [-0.39, 0.29) is 17.1 Å². The summed E-state index contributed by atoms with van der Waals surface area (Å²) in [7, 11) is 2.30. The fourth-order valence-electron chi connectivity index (χ4n) is 3.65. The number of rotatable bonds is 4. The quantitative estimate of drug-likeness (QED) is 0.715. The zero-order valence-corrected chi connectivity index (χ0v) is 14.6. The van der Waals surface area contributed by atoms with Crippen molar-refractivity contribution in [1.82, 2.24) is 0 Å². The van der Waals surface area contributed by atoms with Gasteiger partial charge in [0.15, 0.2) is 0 Å². The first-order valence-corrected chi connectivity index (χ1v) is 9.86. The maximum Gasteiger partial charge on any atom is 0.236 e. The minimum Gasteiger partial charge on any atom is -0.212 e. The average molecular weight is 309 g/mol. The van der Waals surface area contributed by atoms with Gasteiger partial charge in [-0.3, -0.25) is 0 Å². The normalized spacial score (nSPS) is 33.4. The zero-order valence-electron chi connectivity index (χ0n) is 13.1. The van der Waals surface area contributed by atoms with Gasteiger partial charge in [-0.25, -0.2) is 8.42 Å². The minimum atomic E-state index is -3.49. The van der Waals surface area contributed by atoms with E-state index in [4.69, 9.17) is 10.7 Å². The lowest BCUT2D eigenvalue weighted by molar-refractivity contribution is 0.107. The van der Waals surface area contributed by atoms with Crippen LogP contribution < -0.4 is 0 Å². The van der Waals surface area contributed by atoms with Crippen molar-refractivity contribution in [3.8, 4) is 0 Å². The molecular formula is C15H29ClO2S. The summed E-state index contributed by atoms with van der Waals surface area (Å²) in [6.07, 6.45) is 1.99. The fraction of sp³-hybridized carbons (Fsp3) is 1.00. The summed E-state index contributed by atoms with van der Waals surface area (Å²) in [5, 5.41) is -0.371. The van der Waals surface area contributed by atoms with E-state index in [1.54, 1.807) is 0 Å². The molecule has 1 rings (SSSR count). The molecule has 19 heavy (non-hydrogen) atoms. The molecule has 2 nitrogen and oxygen atoms in total. The Hall–Kier alpha value is 0.240. The number of hydrogen-bond donors (Lipinski definition) is 0. The van der Waals surface area contributed by atoms with Crippen molar-refractivity contribution in [3.05, 3.63) is 0 Å². The summed E-state index contributed by atoms with van der Waals surface area (Å²) < 4.78 is 24.1. The van der Waals surface area contributed by atoms with Crippen LogP contribution in [-0.2, 0) is 9.05 Å². The number of hydrogen-bond acceptors (Lipinski definition) is 2. The molecule has 0 aromatic carbocycles. The first kappa shape index (κ1) is 17.3. The summed E-state index contributed by atoms with van der Waals surface area (Å²) in [5.41, 5.74) is 0. The van der Waals surface area contributed by atoms with E-state index < -0.39 is 9.05 Å². The van der Waals surface area contributed by atoms with E-state index in [0.717, 1.165) is 12.8 Å². The van der Waals surface area contributed by atoms with Crippen molar-refractivity contribution in [2.75, 3.05) is 0 Å². The Morgan fingerprint density at radius 1 is 0.842 bits per heavy atom. The standard InChI is InChI=1S/C15H29ClO2S/c1-9(2)12-7-13(10(3)4)15(19(16,17)18)14(8-12)11(5)6/h9-15H,7-8H2,1-6H3. The molecule has 4 heteroatoms. The van der Waals surface area contributed by atoms with Crippen LogP contribution in [0.25, 0.3) is 0 Å². The van der Waals surface area contributed by atoms with Crippen LogP contribution in [0.2, 0.25) is 0 Å². The molecule has 0 amide bonds. The van der Waals surface area contributed by atoms with Crippen molar-refractivity contribution in [3.63, 3.8) is 0 Å². The van der Waals surface area contributed by atoms with Gasteiger partial charge in [0.25, 0.3) is 0 Å². The van der Waals surface area contributed by atoms with E-state index in [0.29, 0.717) is 23.7 Å². The summed E-state index contributed by atoms with van der Waals surface area (Å²) in [5.74, 6) is 2.34. The second kappa shape index (κ2) is 6.34. The summed E-state index contributed by atoms with van der Waals surface area (Å²) in [6, 6.07) is 0. The molecule has 2 unspecified atom stereocenters. The lowest BCUT2D eigenvalue weighted by atomic mass is 9.65. The molecule has 2 atom stereocenters. The molecule has 0 heterocycles. The van der Waals surface area contributed by atoms with Gasteiger partial charge in [0.05, 0.1) is 5.25 Å². The van der Waals surface area contributed by atoms with Crippen molar-refractivity contribution >= 4 is 19.7 Å². The molecule has 0 aromatic heterocycles. The molecule has 1 saturated carbocycles. The van der Waals surface area contributed by atoms with Crippen molar-refractivity contribution < 1.29 is 8.42 Å². The highest BCUT2D eigenvalue weighted by Crippen LogP contribution is 2.46. The second-order valence-electron chi connectivity index (χ2n) is 7.23. The van der Waals surface area contributed by atoms with Crippen molar-refractivity contribution in [2.45, 2.75) is 59.6 Å². The Morgan fingerprint density at radius 3 is 1.42 bits per heavy atom. The molecule has 0 spiro atoms. The van der Waals surface area contributed by atoms with Gasteiger partial charge >= 0.3 is 0 Å². The van der Waals surface area contributed by atoms with E-state index in [2.05, 4.69) is 41.5 Å². The maximum absolute atomic E-state index is 12.1. The molecule has 0 aliphatic heterocycles. The van der Waals surface area contributed by atoms with Crippen LogP contribution in [0.4, 0.5) is 0 Å². The zero-order chi connectivity index (χ0) is 15.0. The smallest absolute Gasteiger partial charge is 0.212 e. The highest BCUT2D eigenvalue weighted by atomic mass is 35.7.